The van der Waals surface area contributed by atoms with Crippen LogP contribution in [0.3, 0.4) is 0 Å². The second-order valence-corrected chi connectivity index (χ2v) is 16.1. The molecular weight excluding hydrogens is 705 g/mol. The minimum absolute atomic E-state index is 0.156. The van der Waals surface area contributed by atoms with Gasteiger partial charge in [-0.15, -0.1) is 0 Å². The molecule has 0 aliphatic heterocycles. The van der Waals surface area contributed by atoms with E-state index in [9.17, 15) is 0 Å². The summed E-state index contributed by atoms with van der Waals surface area (Å²) in [4.78, 5) is 9.58. The molecule has 0 spiro atoms. The van der Waals surface area contributed by atoms with Crippen molar-refractivity contribution in [3.63, 3.8) is 0 Å². The van der Waals surface area contributed by atoms with Crippen molar-refractivity contribution in [1.29, 1.82) is 0 Å². The van der Waals surface area contributed by atoms with Crippen LogP contribution in [0.4, 0.5) is 0 Å². The van der Waals surface area contributed by atoms with Crippen molar-refractivity contribution in [1.82, 2.24) is 9.97 Å². The van der Waals surface area contributed by atoms with Gasteiger partial charge >= 0.3 is 0 Å². The molecule has 3 nitrogen and oxygen atoms in total. The van der Waals surface area contributed by atoms with Crippen LogP contribution in [0, 0.1) is 0 Å². The van der Waals surface area contributed by atoms with Gasteiger partial charge in [-0.25, -0.2) is 0 Å². The van der Waals surface area contributed by atoms with Crippen LogP contribution in [0.2, 0.25) is 0 Å². The Kier molecular flexibility index (Phi) is 6.98. The summed E-state index contributed by atoms with van der Waals surface area (Å²) < 4.78 is 6.32. The Morgan fingerprint density at radius 2 is 0.845 bits per heavy atom. The molecule has 58 heavy (non-hydrogen) atoms. The lowest BCUT2D eigenvalue weighted by Gasteiger charge is -2.23. The summed E-state index contributed by atoms with van der Waals surface area (Å²) in [6.45, 7) is 4.73. The largest absolute Gasteiger partial charge is 0.455 e. The van der Waals surface area contributed by atoms with E-state index in [4.69, 9.17) is 14.4 Å². The predicted molar refractivity (Wildman–Crippen MR) is 241 cm³/mol. The predicted octanol–water partition coefficient (Wildman–Crippen LogP) is 14.8. The first kappa shape index (κ1) is 32.8. The number of hydrogen-bond donors (Lipinski definition) is 0. The molecule has 0 saturated carbocycles. The standard InChI is InChI=1S/C55H36N2O/c1-55(2)49-31-38(35-16-14-33(15-17-35)34-18-20-36(21-19-34)40-11-7-12-47-45-9-5-6-13-51(45)58-54(40)47)23-26-43(49)44-27-24-39(32-50(44)55)37-22-25-42-41-8-3-4-10-46(41)52-53(48(42)30-37)57-29-28-56-52/h3-32H,1-2H3. The highest BCUT2D eigenvalue weighted by molar-refractivity contribution is 6.23. The highest BCUT2D eigenvalue weighted by Gasteiger charge is 2.36. The zero-order chi connectivity index (χ0) is 38.5. The van der Waals surface area contributed by atoms with Gasteiger partial charge in [-0.2, -0.15) is 0 Å². The number of fused-ring (bicyclic) bond motifs is 12. The van der Waals surface area contributed by atoms with Gasteiger partial charge in [0.25, 0.3) is 0 Å². The SMILES string of the molecule is CC1(C)c2cc(-c3ccc(-c4ccc(-c5cccc6c5oc5ccccc56)cc4)cc3)ccc2-c2ccc(-c3ccc4c5ccccc5c5nccnc5c4c3)cc21. The first-order valence-corrected chi connectivity index (χ1v) is 20.0. The average Bonchev–Trinajstić information content (AvgIpc) is 3.78. The van der Waals surface area contributed by atoms with Crippen LogP contribution in [-0.4, -0.2) is 9.97 Å². The topological polar surface area (TPSA) is 38.9 Å². The minimum atomic E-state index is -0.156. The number of hydrogen-bond acceptors (Lipinski definition) is 3. The fourth-order valence-corrected chi connectivity index (χ4v) is 9.58. The Labute approximate surface area is 335 Å². The molecule has 0 N–H and O–H groups in total. The lowest BCUT2D eigenvalue weighted by Crippen LogP contribution is -2.15. The number of benzene rings is 9. The molecule has 2 aromatic heterocycles. The van der Waals surface area contributed by atoms with Gasteiger partial charge in [0.15, 0.2) is 0 Å². The summed E-state index contributed by atoms with van der Waals surface area (Å²) in [6.07, 6.45) is 3.59. The second-order valence-electron chi connectivity index (χ2n) is 16.1. The maximum absolute atomic E-state index is 6.32. The van der Waals surface area contributed by atoms with Crippen LogP contribution in [0.15, 0.2) is 187 Å². The number of nitrogens with zero attached hydrogens (tertiary/aromatic N) is 2. The van der Waals surface area contributed by atoms with Crippen LogP contribution in [0.25, 0.3) is 110 Å². The van der Waals surface area contributed by atoms with Crippen molar-refractivity contribution < 1.29 is 4.42 Å². The molecule has 0 saturated heterocycles. The fourth-order valence-electron chi connectivity index (χ4n) is 9.58. The van der Waals surface area contributed by atoms with Gasteiger partial charge < -0.3 is 4.42 Å². The molecule has 2 heterocycles. The molecule has 0 amide bonds. The van der Waals surface area contributed by atoms with E-state index < -0.39 is 0 Å². The third-order valence-corrected chi connectivity index (χ3v) is 12.6. The smallest absolute Gasteiger partial charge is 0.143 e. The number of furan rings is 1. The maximum Gasteiger partial charge on any atom is 0.143 e. The van der Waals surface area contributed by atoms with Gasteiger partial charge in [0.2, 0.25) is 0 Å². The molecule has 3 heteroatoms. The molecule has 0 unspecified atom stereocenters. The van der Waals surface area contributed by atoms with E-state index in [1.165, 1.54) is 66.4 Å². The Balaban J connectivity index is 0.844. The molecule has 0 radical (unpaired) electrons. The summed E-state index contributed by atoms with van der Waals surface area (Å²) in [5, 5.41) is 6.97. The lowest BCUT2D eigenvalue weighted by atomic mass is 9.80. The molecule has 1 aliphatic carbocycles. The van der Waals surface area contributed by atoms with Crippen LogP contribution in [-0.2, 0) is 5.41 Å². The normalized spacial score (nSPS) is 13.1. The fraction of sp³-hybridized carbons (Fsp3) is 0.0545. The Morgan fingerprint density at radius 3 is 1.53 bits per heavy atom. The average molecular weight is 741 g/mol. The van der Waals surface area contributed by atoms with E-state index in [0.717, 1.165) is 54.9 Å². The van der Waals surface area contributed by atoms with Gasteiger partial charge in [0, 0.05) is 44.9 Å². The quantitative estimate of drug-likeness (QED) is 0.169. The van der Waals surface area contributed by atoms with Gasteiger partial charge in [0.1, 0.15) is 11.2 Å². The van der Waals surface area contributed by atoms with Gasteiger partial charge in [-0.1, -0.05) is 159 Å². The summed E-state index contributed by atoms with van der Waals surface area (Å²) in [5.74, 6) is 0. The number of rotatable bonds is 4. The van der Waals surface area contributed by atoms with Crippen molar-refractivity contribution in [2.24, 2.45) is 0 Å². The van der Waals surface area contributed by atoms with Crippen molar-refractivity contribution in [3.8, 4) is 55.6 Å². The Morgan fingerprint density at radius 1 is 0.362 bits per heavy atom. The van der Waals surface area contributed by atoms with Crippen LogP contribution in [0.1, 0.15) is 25.0 Å². The van der Waals surface area contributed by atoms with Crippen molar-refractivity contribution in [2.75, 3.05) is 0 Å². The zero-order valence-electron chi connectivity index (χ0n) is 32.1. The van der Waals surface area contributed by atoms with Gasteiger partial charge in [-0.3, -0.25) is 9.97 Å². The van der Waals surface area contributed by atoms with Crippen molar-refractivity contribution in [3.05, 3.63) is 193 Å². The molecular formula is C55H36N2O. The summed E-state index contributed by atoms with van der Waals surface area (Å²) in [5.41, 5.74) is 18.4. The van der Waals surface area contributed by atoms with Crippen LogP contribution < -0.4 is 0 Å². The molecule has 12 rings (SSSR count). The molecule has 0 fully saturated rings. The third kappa shape index (κ3) is 4.86. The lowest BCUT2D eigenvalue weighted by molar-refractivity contribution is 0.661. The monoisotopic (exact) mass is 740 g/mol. The van der Waals surface area contributed by atoms with Crippen LogP contribution >= 0.6 is 0 Å². The summed E-state index contributed by atoms with van der Waals surface area (Å²) >= 11 is 0. The van der Waals surface area contributed by atoms with E-state index in [-0.39, 0.29) is 5.41 Å². The number of aromatic nitrogens is 2. The molecule has 272 valence electrons. The molecule has 0 atom stereocenters. The first-order chi connectivity index (χ1) is 28.5. The molecule has 0 bridgehead atoms. The van der Waals surface area contributed by atoms with E-state index in [1.54, 1.807) is 12.4 Å². The van der Waals surface area contributed by atoms with Crippen molar-refractivity contribution >= 4 is 54.5 Å². The first-order valence-electron chi connectivity index (χ1n) is 20.0. The summed E-state index contributed by atoms with van der Waals surface area (Å²) in [7, 11) is 0. The maximum atomic E-state index is 6.32. The van der Waals surface area contributed by atoms with E-state index in [2.05, 4.69) is 172 Å². The molecule has 11 aromatic rings. The molecule has 9 aromatic carbocycles. The minimum Gasteiger partial charge on any atom is -0.455 e. The Hall–Kier alpha value is -7.36. The second kappa shape index (κ2) is 12.3. The van der Waals surface area contributed by atoms with Gasteiger partial charge in [-0.05, 0) is 96.2 Å². The van der Waals surface area contributed by atoms with E-state index >= 15 is 0 Å². The van der Waals surface area contributed by atoms with E-state index in [0.29, 0.717) is 0 Å². The number of para-hydroxylation sites is 2. The summed E-state index contributed by atoms with van der Waals surface area (Å²) in [6, 6.07) is 61.8. The van der Waals surface area contributed by atoms with Gasteiger partial charge in [0.05, 0.1) is 11.0 Å². The van der Waals surface area contributed by atoms with Crippen molar-refractivity contribution in [2.45, 2.75) is 19.3 Å². The highest BCUT2D eigenvalue weighted by atomic mass is 16.3. The highest BCUT2D eigenvalue weighted by Crippen LogP contribution is 2.51. The van der Waals surface area contributed by atoms with Crippen LogP contribution in [0.5, 0.6) is 0 Å². The molecule has 1 aliphatic rings. The third-order valence-electron chi connectivity index (χ3n) is 12.6. The van der Waals surface area contributed by atoms with E-state index in [1.807, 2.05) is 12.1 Å². The Bertz CT molecular complexity index is 3430. The zero-order valence-corrected chi connectivity index (χ0v) is 32.1.